The van der Waals surface area contributed by atoms with Crippen molar-refractivity contribution in [1.82, 2.24) is 10.2 Å². The predicted molar refractivity (Wildman–Crippen MR) is 136 cm³/mol. The number of ether oxygens (including phenoxy) is 1. The minimum atomic E-state index is -0.543. The fourth-order valence-corrected chi connectivity index (χ4v) is 5.09. The van der Waals surface area contributed by atoms with Crippen molar-refractivity contribution in [1.29, 1.82) is 0 Å². The second kappa shape index (κ2) is 10.7. The highest BCUT2D eigenvalue weighted by atomic mass is 35.5. The zero-order valence-electron chi connectivity index (χ0n) is 19.5. The van der Waals surface area contributed by atoms with Gasteiger partial charge in [0.2, 0.25) is 5.91 Å². The van der Waals surface area contributed by atoms with E-state index in [4.69, 9.17) is 16.3 Å². The Morgan fingerprint density at radius 2 is 1.97 bits per heavy atom. The number of esters is 1. The predicted octanol–water partition coefficient (Wildman–Crippen LogP) is 5.71. The van der Waals surface area contributed by atoms with Crippen LogP contribution in [0.4, 0.5) is 4.39 Å². The molecule has 0 fully saturated rings. The first-order valence-electron chi connectivity index (χ1n) is 11.1. The first-order chi connectivity index (χ1) is 16.7. The molecule has 2 aliphatic rings. The molecule has 6 nitrogen and oxygen atoms in total. The van der Waals surface area contributed by atoms with Gasteiger partial charge in [0, 0.05) is 17.3 Å². The van der Waals surface area contributed by atoms with Crippen molar-refractivity contribution >= 4 is 40.4 Å². The molecule has 0 radical (unpaired) electrons. The van der Waals surface area contributed by atoms with Crippen LogP contribution in [-0.4, -0.2) is 28.0 Å². The van der Waals surface area contributed by atoms with E-state index in [9.17, 15) is 14.0 Å². The van der Waals surface area contributed by atoms with Gasteiger partial charge in [0.05, 0.1) is 29.8 Å². The maximum Gasteiger partial charge on any atom is 0.338 e. The highest BCUT2D eigenvalue weighted by molar-refractivity contribution is 8.16. The number of carbonyl (C=O) groups is 2. The fraction of sp³-hybridized carbons (Fsp3) is 0.269. The molecule has 1 amide bonds. The largest absolute Gasteiger partial charge is 0.459 e. The summed E-state index contributed by atoms with van der Waals surface area (Å²) < 4.78 is 18.7. The number of allylic oxidation sites excluding steroid dienone is 1. The van der Waals surface area contributed by atoms with Crippen LogP contribution in [0.2, 0.25) is 5.02 Å². The quantitative estimate of drug-likeness (QED) is 0.480. The third kappa shape index (κ3) is 5.77. The number of carbonyl (C=O) groups excluding carboxylic acids is 2. The normalized spacial score (nSPS) is 17.2. The van der Waals surface area contributed by atoms with Gasteiger partial charge in [0.1, 0.15) is 5.82 Å². The number of amides is 1. The number of aliphatic imine (C=N–C) groups is 1. The number of benzene rings is 2. The summed E-state index contributed by atoms with van der Waals surface area (Å²) in [5.74, 6) is -0.987. The zero-order valence-corrected chi connectivity index (χ0v) is 21.1. The number of nitrogens with one attached hydrogen (secondary N) is 1. The van der Waals surface area contributed by atoms with E-state index in [-0.39, 0.29) is 30.8 Å². The molecule has 9 heteroatoms. The van der Waals surface area contributed by atoms with E-state index in [2.05, 4.69) is 10.3 Å². The lowest BCUT2D eigenvalue weighted by molar-refractivity contribution is -0.143. The van der Waals surface area contributed by atoms with Gasteiger partial charge in [-0.3, -0.25) is 4.79 Å². The Bertz CT molecular complexity index is 1240. The molecule has 2 aliphatic heterocycles. The average molecular weight is 514 g/mol. The van der Waals surface area contributed by atoms with Gasteiger partial charge in [-0.2, -0.15) is 0 Å². The Balaban J connectivity index is 1.60. The van der Waals surface area contributed by atoms with Crippen LogP contribution in [0.1, 0.15) is 44.4 Å². The third-order valence-corrected chi connectivity index (χ3v) is 6.60. The summed E-state index contributed by atoms with van der Waals surface area (Å²) in [7, 11) is 0. The van der Waals surface area contributed by atoms with Gasteiger partial charge in [-0.25, -0.2) is 14.2 Å². The Hall–Kier alpha value is -3.10. The van der Waals surface area contributed by atoms with Crippen molar-refractivity contribution < 1.29 is 18.7 Å². The lowest BCUT2D eigenvalue weighted by Gasteiger charge is -2.36. The van der Waals surface area contributed by atoms with Gasteiger partial charge in [0.25, 0.3) is 0 Å². The van der Waals surface area contributed by atoms with Gasteiger partial charge in [0.15, 0.2) is 5.17 Å². The van der Waals surface area contributed by atoms with Crippen LogP contribution < -0.4 is 5.32 Å². The SMILES string of the molecule is CC1=C(C(=O)OC(C)C)[C@@H](c2cccc(Cl)c2)N2C(CC(=O)NCc3ccc(F)cc3)=CSC2=N1. The summed E-state index contributed by atoms with van der Waals surface area (Å²) in [6, 6.07) is 12.7. The summed E-state index contributed by atoms with van der Waals surface area (Å²) in [6.45, 7) is 5.65. The summed E-state index contributed by atoms with van der Waals surface area (Å²) >= 11 is 7.70. The molecule has 0 saturated carbocycles. The molecule has 182 valence electrons. The van der Waals surface area contributed by atoms with Crippen molar-refractivity contribution in [3.8, 4) is 0 Å². The smallest absolute Gasteiger partial charge is 0.338 e. The molecule has 0 saturated heterocycles. The zero-order chi connectivity index (χ0) is 25.1. The number of fused-ring (bicyclic) bond motifs is 1. The molecule has 2 heterocycles. The minimum Gasteiger partial charge on any atom is -0.459 e. The molecule has 0 aliphatic carbocycles. The maximum atomic E-state index is 13.1. The first-order valence-corrected chi connectivity index (χ1v) is 12.4. The number of thioether (sulfide) groups is 1. The van der Waals surface area contributed by atoms with Crippen molar-refractivity contribution in [2.75, 3.05) is 0 Å². The van der Waals surface area contributed by atoms with E-state index >= 15 is 0 Å². The molecule has 0 bridgehead atoms. The molecule has 2 aromatic rings. The maximum absolute atomic E-state index is 13.1. The van der Waals surface area contributed by atoms with Crippen LogP contribution in [-0.2, 0) is 20.9 Å². The molecule has 0 aromatic heterocycles. The monoisotopic (exact) mass is 513 g/mol. The van der Waals surface area contributed by atoms with Gasteiger partial charge < -0.3 is 15.0 Å². The highest BCUT2D eigenvalue weighted by Crippen LogP contribution is 2.45. The van der Waals surface area contributed by atoms with E-state index in [1.165, 1.54) is 23.9 Å². The summed E-state index contributed by atoms with van der Waals surface area (Å²) in [5.41, 5.74) is 3.27. The number of hydrogen-bond acceptors (Lipinski definition) is 6. The topological polar surface area (TPSA) is 71.0 Å². The highest BCUT2D eigenvalue weighted by Gasteiger charge is 2.41. The van der Waals surface area contributed by atoms with Crippen LogP contribution in [0.5, 0.6) is 0 Å². The molecular weight excluding hydrogens is 489 g/mol. The average Bonchev–Trinajstić information content (AvgIpc) is 3.19. The van der Waals surface area contributed by atoms with E-state index in [1.807, 2.05) is 22.4 Å². The number of amidine groups is 1. The van der Waals surface area contributed by atoms with Crippen LogP contribution in [0.3, 0.4) is 0 Å². The van der Waals surface area contributed by atoms with Crippen molar-refractivity contribution in [3.63, 3.8) is 0 Å². The van der Waals surface area contributed by atoms with E-state index in [1.54, 1.807) is 45.0 Å². The Kier molecular flexibility index (Phi) is 7.62. The Morgan fingerprint density at radius 1 is 1.23 bits per heavy atom. The van der Waals surface area contributed by atoms with Crippen LogP contribution in [0.15, 0.2) is 75.9 Å². The van der Waals surface area contributed by atoms with E-state index in [0.29, 0.717) is 27.2 Å². The van der Waals surface area contributed by atoms with Gasteiger partial charge in [-0.1, -0.05) is 47.6 Å². The van der Waals surface area contributed by atoms with Crippen LogP contribution in [0.25, 0.3) is 0 Å². The number of halogens is 2. The minimum absolute atomic E-state index is 0.0792. The standard InChI is InChI=1S/C26H25ClFN3O3S/c1-15(2)34-25(33)23-16(3)30-26-31(24(23)18-5-4-6-19(27)11-18)21(14-35-26)12-22(32)29-13-17-7-9-20(28)10-8-17/h4-11,14-15,24H,12-13H2,1-3H3,(H,29,32)/t24-/m1/s1. The lowest BCUT2D eigenvalue weighted by Crippen LogP contribution is -2.38. The summed E-state index contributed by atoms with van der Waals surface area (Å²) in [6.07, 6.45) is -0.219. The Morgan fingerprint density at radius 3 is 2.66 bits per heavy atom. The second-order valence-corrected chi connectivity index (χ2v) is 9.76. The summed E-state index contributed by atoms with van der Waals surface area (Å²) in [5, 5.41) is 5.96. The number of hydrogen-bond donors (Lipinski definition) is 1. The van der Waals surface area contributed by atoms with Gasteiger partial charge >= 0.3 is 5.97 Å². The molecule has 1 N–H and O–H groups in total. The van der Waals surface area contributed by atoms with Crippen LogP contribution >= 0.6 is 23.4 Å². The van der Waals surface area contributed by atoms with Crippen molar-refractivity contribution in [3.05, 3.63) is 92.9 Å². The fourth-order valence-electron chi connectivity index (χ4n) is 3.93. The molecular formula is C26H25ClFN3O3S. The second-order valence-electron chi connectivity index (χ2n) is 8.48. The lowest BCUT2D eigenvalue weighted by atomic mass is 9.94. The molecule has 0 unspecified atom stereocenters. The van der Waals surface area contributed by atoms with Crippen molar-refractivity contribution in [2.45, 2.75) is 45.9 Å². The third-order valence-electron chi connectivity index (χ3n) is 5.47. The first kappa shape index (κ1) is 25.0. The number of nitrogens with zero attached hydrogens (tertiary/aromatic N) is 2. The molecule has 4 rings (SSSR count). The molecule has 0 spiro atoms. The van der Waals surface area contributed by atoms with E-state index < -0.39 is 12.0 Å². The molecule has 1 atom stereocenters. The van der Waals surface area contributed by atoms with Crippen LogP contribution in [0, 0.1) is 5.82 Å². The Labute approximate surface area is 212 Å². The molecule has 35 heavy (non-hydrogen) atoms. The van der Waals surface area contributed by atoms with E-state index in [0.717, 1.165) is 11.1 Å². The summed E-state index contributed by atoms with van der Waals surface area (Å²) in [4.78, 5) is 32.5. The van der Waals surface area contributed by atoms with Crippen molar-refractivity contribution in [2.24, 2.45) is 4.99 Å². The van der Waals surface area contributed by atoms with Gasteiger partial charge in [-0.05, 0) is 61.6 Å². The number of rotatable bonds is 7. The van der Waals surface area contributed by atoms with Gasteiger partial charge in [-0.15, -0.1) is 0 Å². The molecule has 2 aromatic carbocycles.